The number of carbonyl (C=O) groups excluding carboxylic acids is 1. The lowest BCUT2D eigenvalue weighted by molar-refractivity contribution is -0.121. The van der Waals surface area contributed by atoms with Crippen LogP contribution in [0.5, 0.6) is 5.88 Å². The van der Waals surface area contributed by atoms with Crippen LogP contribution in [-0.4, -0.2) is 71.0 Å². The fourth-order valence-corrected chi connectivity index (χ4v) is 7.34. The van der Waals surface area contributed by atoms with Gasteiger partial charge in [0, 0.05) is 44.8 Å². The number of pyridine rings is 1. The second-order valence-electron chi connectivity index (χ2n) is 11.3. The molecule has 0 saturated heterocycles. The van der Waals surface area contributed by atoms with Gasteiger partial charge in [-0.05, 0) is 80.1 Å². The van der Waals surface area contributed by atoms with E-state index in [0.717, 1.165) is 38.9 Å². The zero-order chi connectivity index (χ0) is 32.1. The number of fused-ring (bicyclic) bond motifs is 2. The third kappa shape index (κ3) is 6.87. The number of nitrogens with one attached hydrogen (secondary N) is 1. The SMILES string of the molecule is CCOCCNC(=O)C[C@@H](c1ccc(C)c(CN2C[C@@H](CC)Oc3ncccc3S2(=O)=O)c1)c1ccc2c(nnn2CC)c1C. The molecule has 0 radical (unpaired) electrons. The Bertz CT molecular complexity index is 1770. The summed E-state index contributed by atoms with van der Waals surface area (Å²) >= 11 is 0. The first-order chi connectivity index (χ1) is 21.7. The van der Waals surface area contributed by atoms with Gasteiger partial charge in [0.1, 0.15) is 16.5 Å². The third-order valence-electron chi connectivity index (χ3n) is 8.44. The van der Waals surface area contributed by atoms with E-state index >= 15 is 0 Å². The van der Waals surface area contributed by atoms with Gasteiger partial charge in [-0.25, -0.2) is 18.1 Å². The number of carbonyl (C=O) groups is 1. The molecule has 2 aromatic heterocycles. The molecule has 4 aromatic rings. The molecule has 45 heavy (non-hydrogen) atoms. The maximum absolute atomic E-state index is 13.9. The Labute approximate surface area is 265 Å². The largest absolute Gasteiger partial charge is 0.472 e. The molecule has 0 bridgehead atoms. The van der Waals surface area contributed by atoms with Crippen LogP contribution >= 0.6 is 0 Å². The topological polar surface area (TPSA) is 129 Å². The molecule has 240 valence electrons. The first-order valence-electron chi connectivity index (χ1n) is 15.6. The normalized spacial score (nSPS) is 17.0. The minimum absolute atomic E-state index is 0.0698. The van der Waals surface area contributed by atoms with Gasteiger partial charge in [-0.2, -0.15) is 4.31 Å². The highest BCUT2D eigenvalue weighted by molar-refractivity contribution is 7.89. The predicted octanol–water partition coefficient (Wildman–Crippen LogP) is 4.50. The number of sulfonamides is 1. The second-order valence-corrected chi connectivity index (χ2v) is 13.2. The number of hydrogen-bond acceptors (Lipinski definition) is 8. The molecule has 0 fully saturated rings. The molecule has 2 aromatic carbocycles. The fraction of sp³-hybridized carbons (Fsp3) is 0.455. The smallest absolute Gasteiger partial charge is 0.248 e. The molecule has 3 heterocycles. The summed E-state index contributed by atoms with van der Waals surface area (Å²) in [5.41, 5.74) is 6.41. The Morgan fingerprint density at radius 1 is 1.16 bits per heavy atom. The van der Waals surface area contributed by atoms with E-state index in [9.17, 15) is 13.2 Å². The average Bonchev–Trinajstić information content (AvgIpc) is 3.42. The van der Waals surface area contributed by atoms with Gasteiger partial charge in [0.15, 0.2) is 0 Å². The lowest BCUT2D eigenvalue weighted by atomic mass is 9.84. The molecule has 12 heteroatoms. The molecule has 5 rings (SSSR count). The number of aromatic nitrogens is 4. The number of aryl methyl sites for hydroxylation is 3. The number of benzene rings is 2. The number of hydrogen-bond donors (Lipinski definition) is 1. The molecular weight excluding hydrogens is 592 g/mol. The molecule has 0 spiro atoms. The molecular formula is C33H42N6O5S. The Morgan fingerprint density at radius 2 is 1.98 bits per heavy atom. The van der Waals surface area contributed by atoms with Gasteiger partial charge < -0.3 is 14.8 Å². The molecule has 1 aliphatic rings. The van der Waals surface area contributed by atoms with Crippen molar-refractivity contribution in [2.75, 3.05) is 26.3 Å². The van der Waals surface area contributed by atoms with Crippen LogP contribution in [0.4, 0.5) is 0 Å². The monoisotopic (exact) mass is 634 g/mol. The van der Waals surface area contributed by atoms with Crippen LogP contribution in [0.3, 0.4) is 0 Å². The van der Waals surface area contributed by atoms with E-state index in [1.807, 2.05) is 63.6 Å². The molecule has 1 amide bonds. The Kier molecular flexibility index (Phi) is 10.2. The highest BCUT2D eigenvalue weighted by Gasteiger charge is 2.35. The Hall–Kier alpha value is -3.87. The van der Waals surface area contributed by atoms with Crippen molar-refractivity contribution in [2.45, 2.75) is 77.5 Å². The number of nitrogens with zero attached hydrogens (tertiary/aromatic N) is 5. The highest BCUT2D eigenvalue weighted by Crippen LogP contribution is 2.36. The summed E-state index contributed by atoms with van der Waals surface area (Å²) in [5.74, 6) is -0.260. The fourth-order valence-electron chi connectivity index (χ4n) is 5.82. The number of rotatable bonds is 12. The Morgan fingerprint density at radius 3 is 2.73 bits per heavy atom. The maximum atomic E-state index is 13.9. The molecule has 0 aliphatic carbocycles. The van der Waals surface area contributed by atoms with E-state index in [1.165, 1.54) is 4.31 Å². The number of ether oxygens (including phenoxy) is 2. The summed E-state index contributed by atoms with van der Waals surface area (Å²) in [6.45, 7) is 12.4. The quantitative estimate of drug-likeness (QED) is 0.226. The van der Waals surface area contributed by atoms with Crippen LogP contribution in [0.2, 0.25) is 0 Å². The van der Waals surface area contributed by atoms with Crippen molar-refractivity contribution in [1.29, 1.82) is 0 Å². The minimum atomic E-state index is -3.88. The van der Waals surface area contributed by atoms with Gasteiger partial charge in [0.25, 0.3) is 0 Å². The second kappa shape index (κ2) is 14.1. The molecule has 1 N–H and O–H groups in total. The standard InChI is InChI=1S/C33H42N6O5S/c1-6-26-21-38(45(41,42)30-10-9-15-35-33(30)44-26)20-25-18-24(12-11-22(25)4)28(19-31(40)34-16-17-43-8-3)27-13-14-29-32(23(27)5)36-37-39(29)7-2/h9-15,18,26,28H,6-8,16-17,19-21H2,1-5H3,(H,34,40)/t26-,28+/m1/s1. The maximum Gasteiger partial charge on any atom is 0.248 e. The van der Waals surface area contributed by atoms with E-state index in [4.69, 9.17) is 9.47 Å². The van der Waals surface area contributed by atoms with Gasteiger partial charge >= 0.3 is 0 Å². The first kappa shape index (κ1) is 32.5. The molecule has 1 aliphatic heterocycles. The summed E-state index contributed by atoms with van der Waals surface area (Å²) in [7, 11) is -3.88. The zero-order valence-corrected chi connectivity index (χ0v) is 27.4. The van der Waals surface area contributed by atoms with Crippen molar-refractivity contribution < 1.29 is 22.7 Å². The van der Waals surface area contributed by atoms with Crippen LogP contribution in [0.15, 0.2) is 53.6 Å². The summed E-state index contributed by atoms with van der Waals surface area (Å²) in [4.78, 5) is 17.5. The van der Waals surface area contributed by atoms with Crippen molar-refractivity contribution in [3.05, 3.63) is 76.5 Å². The summed E-state index contributed by atoms with van der Waals surface area (Å²) in [6.07, 6.45) is 2.04. The predicted molar refractivity (Wildman–Crippen MR) is 172 cm³/mol. The molecule has 2 atom stereocenters. The van der Waals surface area contributed by atoms with E-state index in [2.05, 4.69) is 26.7 Å². The third-order valence-corrected chi connectivity index (χ3v) is 10.3. The summed E-state index contributed by atoms with van der Waals surface area (Å²) < 4.78 is 42.5. The van der Waals surface area contributed by atoms with Crippen LogP contribution < -0.4 is 10.1 Å². The van der Waals surface area contributed by atoms with Crippen molar-refractivity contribution in [1.82, 2.24) is 29.6 Å². The lowest BCUT2D eigenvalue weighted by Crippen LogP contribution is -2.36. The van der Waals surface area contributed by atoms with E-state index in [-0.39, 0.29) is 48.2 Å². The van der Waals surface area contributed by atoms with Crippen molar-refractivity contribution in [3.63, 3.8) is 0 Å². The highest BCUT2D eigenvalue weighted by atomic mass is 32.2. The van der Waals surface area contributed by atoms with Gasteiger partial charge in [-0.1, -0.05) is 36.4 Å². The summed E-state index contributed by atoms with van der Waals surface area (Å²) in [5, 5.41) is 11.7. The molecule has 0 unspecified atom stereocenters. The average molecular weight is 635 g/mol. The van der Waals surface area contributed by atoms with E-state index in [1.54, 1.807) is 18.3 Å². The van der Waals surface area contributed by atoms with Gasteiger partial charge in [0.2, 0.25) is 21.8 Å². The van der Waals surface area contributed by atoms with Crippen molar-refractivity contribution in [2.24, 2.45) is 0 Å². The minimum Gasteiger partial charge on any atom is -0.472 e. The van der Waals surface area contributed by atoms with Gasteiger partial charge in [-0.3, -0.25) is 4.79 Å². The summed E-state index contributed by atoms with van der Waals surface area (Å²) in [6, 6.07) is 13.3. The van der Waals surface area contributed by atoms with Crippen LogP contribution in [-0.2, 0) is 32.6 Å². The van der Waals surface area contributed by atoms with E-state index < -0.39 is 10.0 Å². The van der Waals surface area contributed by atoms with Crippen LogP contribution in [0, 0.1) is 13.8 Å². The van der Waals surface area contributed by atoms with E-state index in [0.29, 0.717) is 32.7 Å². The van der Waals surface area contributed by atoms with Crippen LogP contribution in [0.25, 0.3) is 11.0 Å². The van der Waals surface area contributed by atoms with Crippen molar-refractivity contribution in [3.8, 4) is 5.88 Å². The Balaban J connectivity index is 1.53. The molecule has 11 nitrogen and oxygen atoms in total. The van der Waals surface area contributed by atoms with Gasteiger partial charge in [-0.15, -0.1) is 5.10 Å². The number of amides is 1. The first-order valence-corrected chi connectivity index (χ1v) is 17.0. The van der Waals surface area contributed by atoms with Gasteiger partial charge in [0.05, 0.1) is 18.7 Å². The molecule has 0 saturated carbocycles. The van der Waals surface area contributed by atoms with Crippen LogP contribution in [0.1, 0.15) is 67.3 Å². The zero-order valence-electron chi connectivity index (χ0n) is 26.6. The lowest BCUT2D eigenvalue weighted by Gasteiger charge is -2.25. The van der Waals surface area contributed by atoms with Crippen molar-refractivity contribution >= 4 is 27.0 Å².